The van der Waals surface area contributed by atoms with Crippen LogP contribution in [0.4, 0.5) is 5.00 Å². The first kappa shape index (κ1) is 14.2. The highest BCUT2D eigenvalue weighted by Crippen LogP contribution is 2.22. The lowest BCUT2D eigenvalue weighted by Crippen LogP contribution is -2.21. The number of thiophene rings is 1. The normalized spacial score (nSPS) is 10.4. The molecule has 106 valence electrons. The van der Waals surface area contributed by atoms with E-state index >= 15 is 0 Å². The number of carbonyl (C=O) groups is 2. The molecular weight excluding hydrogens is 282 g/mol. The number of hydrogen-bond acceptors (Lipinski definition) is 6. The van der Waals surface area contributed by atoms with Gasteiger partial charge in [0.2, 0.25) is 5.91 Å². The number of carbonyl (C=O) groups excluding carboxylic acids is 2. The first-order valence-corrected chi connectivity index (χ1v) is 6.65. The second-order valence-corrected chi connectivity index (χ2v) is 4.87. The van der Waals surface area contributed by atoms with Crippen molar-refractivity contribution in [3.63, 3.8) is 0 Å². The number of amides is 2. The molecule has 2 rings (SSSR count). The van der Waals surface area contributed by atoms with Crippen LogP contribution in [0.1, 0.15) is 16.1 Å². The molecule has 0 bridgehead atoms. The first-order valence-electron chi connectivity index (χ1n) is 5.77. The molecule has 9 heteroatoms. The molecule has 0 saturated heterocycles. The van der Waals surface area contributed by atoms with Gasteiger partial charge in [0.05, 0.1) is 11.3 Å². The summed E-state index contributed by atoms with van der Waals surface area (Å²) in [5.41, 5.74) is 6.08. The molecule has 0 aromatic carbocycles. The second kappa shape index (κ2) is 6.26. The highest BCUT2D eigenvalue weighted by atomic mass is 32.1. The molecule has 0 atom stereocenters. The summed E-state index contributed by atoms with van der Waals surface area (Å²) in [6.45, 7) is -0.0589. The molecule has 0 aliphatic carbocycles. The molecule has 0 spiro atoms. The van der Waals surface area contributed by atoms with Crippen molar-refractivity contribution in [2.45, 2.75) is 13.0 Å². The number of aliphatic hydroxyl groups excluding tert-OH is 1. The zero-order valence-electron chi connectivity index (χ0n) is 10.4. The van der Waals surface area contributed by atoms with Crippen LogP contribution in [0.3, 0.4) is 0 Å². The predicted octanol–water partition coefficient (Wildman–Crippen LogP) is -0.388. The van der Waals surface area contributed by atoms with Crippen molar-refractivity contribution in [3.05, 3.63) is 28.9 Å². The van der Waals surface area contributed by atoms with Gasteiger partial charge in [0, 0.05) is 19.2 Å². The average Bonchev–Trinajstić information content (AvgIpc) is 2.99. The van der Waals surface area contributed by atoms with E-state index in [0.29, 0.717) is 17.1 Å². The Kier molecular flexibility index (Phi) is 4.43. The van der Waals surface area contributed by atoms with Crippen LogP contribution in [0.15, 0.2) is 17.6 Å². The summed E-state index contributed by atoms with van der Waals surface area (Å²) in [4.78, 5) is 23.0. The Bertz CT molecular complexity index is 621. The monoisotopic (exact) mass is 295 g/mol. The van der Waals surface area contributed by atoms with Gasteiger partial charge in [-0.15, -0.1) is 16.4 Å². The van der Waals surface area contributed by atoms with Crippen LogP contribution in [-0.2, 0) is 17.8 Å². The van der Waals surface area contributed by atoms with E-state index < -0.39 is 5.91 Å². The van der Waals surface area contributed by atoms with Crippen molar-refractivity contribution >= 4 is 28.2 Å². The van der Waals surface area contributed by atoms with Gasteiger partial charge in [-0.3, -0.25) is 9.59 Å². The average molecular weight is 295 g/mol. The topological polar surface area (TPSA) is 123 Å². The summed E-state index contributed by atoms with van der Waals surface area (Å²) in [7, 11) is 0. The molecule has 0 aliphatic heterocycles. The number of rotatable bonds is 6. The van der Waals surface area contributed by atoms with E-state index in [4.69, 9.17) is 10.8 Å². The molecule has 2 amide bonds. The van der Waals surface area contributed by atoms with Crippen molar-refractivity contribution in [3.8, 4) is 0 Å². The van der Waals surface area contributed by atoms with Crippen molar-refractivity contribution < 1.29 is 14.7 Å². The molecular formula is C11H13N5O3S. The molecule has 0 unspecified atom stereocenters. The lowest BCUT2D eigenvalue weighted by molar-refractivity contribution is -0.116. The Morgan fingerprint density at radius 2 is 2.30 bits per heavy atom. The smallest absolute Gasteiger partial charge is 0.251 e. The minimum atomic E-state index is -0.590. The Hall–Kier alpha value is -2.26. The number of aliphatic hydroxyl groups is 1. The van der Waals surface area contributed by atoms with Crippen LogP contribution in [0, 0.1) is 0 Å². The lowest BCUT2D eigenvalue weighted by Gasteiger charge is -2.04. The molecule has 2 heterocycles. The highest BCUT2D eigenvalue weighted by Gasteiger charge is 2.13. The van der Waals surface area contributed by atoms with Crippen LogP contribution in [0.5, 0.6) is 0 Å². The fourth-order valence-corrected chi connectivity index (χ4v) is 2.37. The Morgan fingerprint density at radius 3 is 3.00 bits per heavy atom. The van der Waals surface area contributed by atoms with Crippen molar-refractivity contribution in [2.24, 2.45) is 5.73 Å². The van der Waals surface area contributed by atoms with Gasteiger partial charge < -0.3 is 16.2 Å². The largest absolute Gasteiger partial charge is 0.396 e. The molecule has 2 aromatic heterocycles. The molecule has 0 radical (unpaired) electrons. The summed E-state index contributed by atoms with van der Waals surface area (Å²) in [5.74, 6) is -0.928. The molecule has 8 nitrogen and oxygen atoms in total. The van der Waals surface area contributed by atoms with Gasteiger partial charge in [-0.05, 0) is 11.4 Å². The Balaban J connectivity index is 1.98. The number of nitrogens with two attached hydrogens (primary N) is 1. The molecule has 4 N–H and O–H groups in total. The standard InChI is InChI=1S/C11H13N5O3S/c12-10(19)8-2-4-20-11(8)13-9(18)6-16-5-7(1-3-17)14-15-16/h2,4-5,17H,1,3,6H2,(H2,12,19)(H,13,18). The first-order chi connectivity index (χ1) is 9.60. The van der Waals surface area contributed by atoms with Gasteiger partial charge in [0.1, 0.15) is 11.5 Å². The van der Waals surface area contributed by atoms with Crippen molar-refractivity contribution in [2.75, 3.05) is 11.9 Å². The number of nitrogens with zero attached hydrogens (tertiary/aromatic N) is 3. The van der Waals surface area contributed by atoms with Gasteiger partial charge in [-0.1, -0.05) is 5.21 Å². The maximum Gasteiger partial charge on any atom is 0.251 e. The Labute approximate surface area is 118 Å². The van der Waals surface area contributed by atoms with Gasteiger partial charge in [0.25, 0.3) is 5.91 Å². The summed E-state index contributed by atoms with van der Waals surface area (Å²) in [6, 6.07) is 1.55. The maximum absolute atomic E-state index is 11.8. The molecule has 2 aromatic rings. The number of aromatic nitrogens is 3. The van der Waals surface area contributed by atoms with Gasteiger partial charge in [-0.25, -0.2) is 4.68 Å². The summed E-state index contributed by atoms with van der Waals surface area (Å²) in [5, 5.41) is 21.0. The summed E-state index contributed by atoms with van der Waals surface area (Å²) in [6.07, 6.45) is 1.97. The molecule has 0 saturated carbocycles. The van der Waals surface area contributed by atoms with E-state index in [0.717, 1.165) is 0 Å². The Morgan fingerprint density at radius 1 is 1.50 bits per heavy atom. The van der Waals surface area contributed by atoms with Crippen molar-refractivity contribution in [1.82, 2.24) is 15.0 Å². The quantitative estimate of drug-likeness (QED) is 0.670. The third-order valence-corrected chi connectivity index (χ3v) is 3.27. The van der Waals surface area contributed by atoms with Crippen LogP contribution in [-0.4, -0.2) is 38.5 Å². The van der Waals surface area contributed by atoms with E-state index in [-0.39, 0.29) is 24.6 Å². The SMILES string of the molecule is NC(=O)c1ccsc1NC(=O)Cn1cc(CCO)nn1. The number of primary amides is 1. The van der Waals surface area contributed by atoms with E-state index in [1.54, 1.807) is 17.6 Å². The fourth-order valence-electron chi connectivity index (χ4n) is 1.56. The zero-order valence-corrected chi connectivity index (χ0v) is 11.3. The number of nitrogens with one attached hydrogen (secondary N) is 1. The van der Waals surface area contributed by atoms with E-state index in [2.05, 4.69) is 15.6 Å². The van der Waals surface area contributed by atoms with Crippen LogP contribution >= 0.6 is 11.3 Å². The van der Waals surface area contributed by atoms with Crippen LogP contribution < -0.4 is 11.1 Å². The fraction of sp³-hybridized carbons (Fsp3) is 0.273. The van der Waals surface area contributed by atoms with Gasteiger partial charge >= 0.3 is 0 Å². The van der Waals surface area contributed by atoms with Crippen LogP contribution in [0.25, 0.3) is 0 Å². The highest BCUT2D eigenvalue weighted by molar-refractivity contribution is 7.14. The van der Waals surface area contributed by atoms with E-state index in [9.17, 15) is 9.59 Å². The second-order valence-electron chi connectivity index (χ2n) is 3.96. The minimum Gasteiger partial charge on any atom is -0.396 e. The lowest BCUT2D eigenvalue weighted by atomic mass is 10.3. The molecule has 0 fully saturated rings. The van der Waals surface area contributed by atoms with E-state index in [1.165, 1.54) is 16.0 Å². The molecule has 20 heavy (non-hydrogen) atoms. The minimum absolute atomic E-state index is 0.0257. The third kappa shape index (κ3) is 3.39. The number of anilines is 1. The zero-order chi connectivity index (χ0) is 14.5. The predicted molar refractivity (Wildman–Crippen MR) is 72.3 cm³/mol. The maximum atomic E-state index is 11.8. The van der Waals surface area contributed by atoms with Gasteiger partial charge in [-0.2, -0.15) is 0 Å². The van der Waals surface area contributed by atoms with Gasteiger partial charge in [0.15, 0.2) is 0 Å². The van der Waals surface area contributed by atoms with Crippen LogP contribution in [0.2, 0.25) is 0 Å². The molecule has 0 aliphatic rings. The third-order valence-electron chi connectivity index (χ3n) is 2.44. The van der Waals surface area contributed by atoms with E-state index in [1.807, 2.05) is 0 Å². The van der Waals surface area contributed by atoms with Crippen molar-refractivity contribution in [1.29, 1.82) is 0 Å². The number of hydrogen-bond donors (Lipinski definition) is 3. The summed E-state index contributed by atoms with van der Waals surface area (Å²) < 4.78 is 1.36. The summed E-state index contributed by atoms with van der Waals surface area (Å²) >= 11 is 1.22.